The van der Waals surface area contributed by atoms with Gasteiger partial charge in [0.15, 0.2) is 5.82 Å². The van der Waals surface area contributed by atoms with Gasteiger partial charge in [0.1, 0.15) is 28.2 Å². The number of aromatic nitrogens is 2. The van der Waals surface area contributed by atoms with Crippen LogP contribution < -0.4 is 15.5 Å². The topological polar surface area (TPSA) is 115 Å². The Balaban J connectivity index is 1.43. The van der Waals surface area contributed by atoms with Crippen LogP contribution in [0.5, 0.6) is 0 Å². The number of carbonyl (C=O) groups excluding carboxylic acids is 1. The molecule has 3 aliphatic heterocycles. The van der Waals surface area contributed by atoms with E-state index in [1.165, 1.54) is 6.08 Å². The van der Waals surface area contributed by atoms with Gasteiger partial charge in [0.2, 0.25) is 11.9 Å². The average molecular weight is 713 g/mol. The summed E-state index contributed by atoms with van der Waals surface area (Å²) in [6.45, 7) is 10.2. The van der Waals surface area contributed by atoms with Crippen molar-refractivity contribution in [3.05, 3.63) is 53.6 Å². The van der Waals surface area contributed by atoms with Crippen molar-refractivity contribution < 1.29 is 31.5 Å². The van der Waals surface area contributed by atoms with Crippen LogP contribution in [0.1, 0.15) is 25.0 Å². The molecule has 262 valence electrons. The van der Waals surface area contributed by atoms with Gasteiger partial charge in [-0.05, 0) is 37.6 Å². The molecule has 0 bridgehead atoms. The van der Waals surface area contributed by atoms with Gasteiger partial charge >= 0.3 is 6.18 Å². The van der Waals surface area contributed by atoms with Gasteiger partial charge in [-0.3, -0.25) is 9.69 Å². The number of halogens is 5. The number of nitrogens with two attached hydrogens (primary N) is 1. The van der Waals surface area contributed by atoms with Gasteiger partial charge in [-0.2, -0.15) is 23.4 Å². The third-order valence-electron chi connectivity index (χ3n) is 9.99. The predicted octanol–water partition coefficient (Wildman–Crippen LogP) is 5.39. The quantitative estimate of drug-likeness (QED) is 0.208. The fourth-order valence-electron chi connectivity index (χ4n) is 7.17. The number of anilines is 3. The Bertz CT molecular complexity index is 2090. The van der Waals surface area contributed by atoms with Crippen LogP contribution in [0.3, 0.4) is 0 Å². The SMILES string of the molecule is C=CC(=O)N1C[C@H](C)N(c2nc(N3CC(N4CC(OC)C4)C3)nc3c(F)c(-c4ccc(F)c5sc(N)c(C#N)c45)c(C(F)(F)F)cc23)C[C@H]1C. The van der Waals surface area contributed by atoms with Gasteiger partial charge in [-0.25, -0.2) is 13.8 Å². The number of benzene rings is 2. The normalized spacial score (nSPS) is 20.7. The highest BCUT2D eigenvalue weighted by Crippen LogP contribution is 2.48. The van der Waals surface area contributed by atoms with E-state index in [1.54, 1.807) is 16.9 Å². The standard InChI is InChI=1S/C34H33F5N8O2S/c1-5-25(48)46-10-17(3)47(11-16(46)2)32-21-8-23(34(37,38)39)27(20-6-7-24(35)30-26(20)22(9-40)31(41)50-30)28(36)29(21)42-33(43-32)45-12-18(13-45)44-14-19(15-44)49-4/h5-8,16-19H,1,10-15,41H2,2-4H3/t16-,17+/m1/s1. The summed E-state index contributed by atoms with van der Waals surface area (Å²) in [5, 5.41) is 9.37. The lowest BCUT2D eigenvalue weighted by molar-refractivity contribution is -0.137. The summed E-state index contributed by atoms with van der Waals surface area (Å²) < 4.78 is 82.4. The second-order valence-electron chi connectivity index (χ2n) is 13.0. The number of fused-ring (bicyclic) bond motifs is 2. The van der Waals surface area contributed by atoms with Gasteiger partial charge in [0, 0.05) is 80.8 Å². The summed E-state index contributed by atoms with van der Waals surface area (Å²) >= 11 is 0.706. The molecule has 2 N–H and O–H groups in total. The maximum Gasteiger partial charge on any atom is 0.417 e. The maximum atomic E-state index is 17.1. The van der Waals surface area contributed by atoms with Gasteiger partial charge < -0.3 is 25.2 Å². The molecule has 4 aromatic rings. The number of hydrogen-bond acceptors (Lipinski definition) is 10. The summed E-state index contributed by atoms with van der Waals surface area (Å²) in [7, 11) is 1.66. The van der Waals surface area contributed by atoms with Crippen LogP contribution in [0.15, 0.2) is 30.9 Å². The lowest BCUT2D eigenvalue weighted by Gasteiger charge is -2.51. The smallest absolute Gasteiger partial charge is 0.389 e. The van der Waals surface area contributed by atoms with Crippen LogP contribution in [-0.2, 0) is 15.7 Å². The van der Waals surface area contributed by atoms with Gasteiger partial charge in [-0.1, -0.05) is 12.6 Å². The molecule has 0 radical (unpaired) electrons. The number of nitrogens with zero attached hydrogens (tertiary/aromatic N) is 7. The third kappa shape index (κ3) is 5.39. The predicted molar refractivity (Wildman–Crippen MR) is 181 cm³/mol. The molecule has 7 rings (SSSR count). The molecule has 50 heavy (non-hydrogen) atoms. The minimum atomic E-state index is -5.08. The number of methoxy groups -OCH3 is 1. The molecule has 3 aliphatic rings. The van der Waals surface area contributed by atoms with Gasteiger partial charge in [-0.15, -0.1) is 11.3 Å². The molecular formula is C34H33F5N8O2S. The Hall–Kier alpha value is -4.59. The first-order chi connectivity index (χ1) is 23.7. The van der Waals surface area contributed by atoms with Gasteiger partial charge in [0.05, 0.1) is 21.9 Å². The van der Waals surface area contributed by atoms with Crippen molar-refractivity contribution in [3.63, 3.8) is 0 Å². The molecular weight excluding hydrogens is 679 g/mol. The van der Waals surface area contributed by atoms with E-state index >= 15 is 17.6 Å². The molecule has 0 spiro atoms. The van der Waals surface area contributed by atoms with Crippen molar-refractivity contribution in [1.29, 1.82) is 5.26 Å². The Morgan fingerprint density at radius 2 is 1.84 bits per heavy atom. The van der Waals surface area contributed by atoms with Crippen molar-refractivity contribution in [2.24, 2.45) is 0 Å². The first-order valence-electron chi connectivity index (χ1n) is 16.0. The highest BCUT2D eigenvalue weighted by Gasteiger charge is 2.42. The van der Waals surface area contributed by atoms with E-state index in [-0.39, 0.29) is 86.1 Å². The monoisotopic (exact) mass is 712 g/mol. The number of nitrogen functional groups attached to an aromatic ring is 1. The summed E-state index contributed by atoms with van der Waals surface area (Å²) in [6, 6.07) is 4.03. The van der Waals surface area contributed by atoms with E-state index in [1.807, 2.05) is 24.8 Å². The molecule has 2 atom stereocenters. The average Bonchev–Trinajstić information content (AvgIpc) is 3.38. The molecule has 16 heteroatoms. The fraction of sp³-hybridized carbons (Fsp3) is 0.412. The minimum absolute atomic E-state index is 0.0968. The lowest BCUT2D eigenvalue weighted by Crippen LogP contribution is -2.67. The fourth-order valence-corrected chi connectivity index (χ4v) is 8.12. The number of carbonyl (C=O) groups is 1. The number of hydrogen-bond donors (Lipinski definition) is 1. The van der Waals surface area contributed by atoms with Crippen LogP contribution >= 0.6 is 11.3 Å². The van der Waals surface area contributed by atoms with E-state index in [2.05, 4.69) is 16.5 Å². The number of piperazine rings is 1. The van der Waals surface area contributed by atoms with E-state index in [0.717, 1.165) is 31.3 Å². The number of amides is 1. The van der Waals surface area contributed by atoms with Crippen molar-refractivity contribution in [2.45, 2.75) is 44.3 Å². The summed E-state index contributed by atoms with van der Waals surface area (Å²) in [5.74, 6) is -2.13. The molecule has 3 saturated heterocycles. The van der Waals surface area contributed by atoms with Crippen molar-refractivity contribution in [3.8, 4) is 17.2 Å². The Labute approximate surface area is 288 Å². The van der Waals surface area contributed by atoms with E-state index in [0.29, 0.717) is 24.4 Å². The van der Waals surface area contributed by atoms with Crippen LogP contribution in [0.25, 0.3) is 32.1 Å². The molecule has 3 fully saturated rings. The van der Waals surface area contributed by atoms with E-state index < -0.39 is 35.0 Å². The molecule has 5 heterocycles. The molecule has 10 nitrogen and oxygen atoms in total. The Morgan fingerprint density at radius 3 is 2.48 bits per heavy atom. The summed E-state index contributed by atoms with van der Waals surface area (Å²) in [4.78, 5) is 29.4. The number of rotatable bonds is 6. The zero-order valence-electron chi connectivity index (χ0n) is 27.4. The molecule has 0 unspecified atom stereocenters. The highest BCUT2D eigenvalue weighted by atomic mass is 32.1. The largest absolute Gasteiger partial charge is 0.417 e. The highest BCUT2D eigenvalue weighted by molar-refractivity contribution is 7.23. The van der Waals surface area contributed by atoms with Crippen molar-refractivity contribution >= 4 is 55.0 Å². The zero-order chi connectivity index (χ0) is 35.8. The molecule has 0 aliphatic carbocycles. The number of likely N-dealkylation sites (tertiary alicyclic amines) is 1. The van der Waals surface area contributed by atoms with Crippen LogP contribution in [-0.4, -0.2) is 96.3 Å². The second-order valence-corrected chi connectivity index (χ2v) is 14.1. The number of thiophene rings is 1. The molecule has 0 saturated carbocycles. The molecule has 2 aromatic heterocycles. The zero-order valence-corrected chi connectivity index (χ0v) is 28.2. The lowest BCUT2D eigenvalue weighted by atomic mass is 9.92. The van der Waals surface area contributed by atoms with Gasteiger partial charge in [0.25, 0.3) is 0 Å². The van der Waals surface area contributed by atoms with Crippen LogP contribution in [0.2, 0.25) is 0 Å². The first-order valence-corrected chi connectivity index (χ1v) is 16.8. The first kappa shape index (κ1) is 33.9. The van der Waals surface area contributed by atoms with Crippen LogP contribution in [0.4, 0.5) is 38.7 Å². The van der Waals surface area contributed by atoms with Crippen molar-refractivity contribution in [1.82, 2.24) is 19.8 Å². The Morgan fingerprint density at radius 1 is 1.12 bits per heavy atom. The number of nitriles is 1. The summed E-state index contributed by atoms with van der Waals surface area (Å²) in [6.07, 6.45) is -3.72. The molecule has 1 amide bonds. The maximum absolute atomic E-state index is 17.1. The Kier molecular flexibility index (Phi) is 8.35. The van der Waals surface area contributed by atoms with E-state index in [9.17, 15) is 14.4 Å². The number of alkyl halides is 3. The van der Waals surface area contributed by atoms with Crippen molar-refractivity contribution in [2.75, 3.05) is 61.9 Å². The number of ether oxygens (including phenoxy) is 1. The third-order valence-corrected chi connectivity index (χ3v) is 11.0. The van der Waals surface area contributed by atoms with Crippen LogP contribution in [0, 0.1) is 23.0 Å². The minimum Gasteiger partial charge on any atom is -0.389 e. The second kappa shape index (κ2) is 12.3. The summed E-state index contributed by atoms with van der Waals surface area (Å²) in [5.41, 5.74) is 2.85. The molecule has 2 aromatic carbocycles. The van der Waals surface area contributed by atoms with E-state index in [4.69, 9.17) is 15.5 Å².